The van der Waals surface area contributed by atoms with Crippen molar-refractivity contribution in [1.82, 2.24) is 15.5 Å². The molecule has 1 saturated carbocycles. The van der Waals surface area contributed by atoms with Gasteiger partial charge in [0, 0.05) is 13.0 Å². The number of hydrogen-bond donors (Lipinski definition) is 1. The molecule has 0 radical (unpaired) electrons. The fourth-order valence-corrected chi connectivity index (χ4v) is 1.21. The first-order valence-electron chi connectivity index (χ1n) is 4.93. The number of aryl methyl sites for hydroxylation is 1. The molecule has 1 aliphatic carbocycles. The molecular weight excluding hydrogens is 185 g/mol. The molecule has 5 heteroatoms. The van der Waals surface area contributed by atoms with Gasteiger partial charge in [0.15, 0.2) is 0 Å². The Morgan fingerprint density at radius 3 is 2.71 bits per heavy atom. The fraction of sp³-hybridized carbons (Fsp3) is 0.778. The number of hydrogen-bond acceptors (Lipinski definition) is 4. The predicted molar refractivity (Wildman–Crippen MR) is 48.5 cm³/mol. The van der Waals surface area contributed by atoms with E-state index in [0.29, 0.717) is 37.7 Å². The molecule has 78 valence electrons. The maximum absolute atomic E-state index is 13.1. The van der Waals surface area contributed by atoms with Crippen molar-refractivity contribution in [3.63, 3.8) is 0 Å². The van der Waals surface area contributed by atoms with Gasteiger partial charge in [0.25, 0.3) is 0 Å². The summed E-state index contributed by atoms with van der Waals surface area (Å²) in [6.07, 6.45) is 2.08. The van der Waals surface area contributed by atoms with Crippen molar-refractivity contribution < 1.29 is 8.81 Å². The van der Waals surface area contributed by atoms with Crippen LogP contribution in [0.25, 0.3) is 0 Å². The van der Waals surface area contributed by atoms with E-state index in [9.17, 15) is 4.39 Å². The van der Waals surface area contributed by atoms with Crippen LogP contribution in [0.1, 0.15) is 31.5 Å². The normalized spacial score (nSPS) is 18.4. The minimum absolute atomic E-state index is 0.386. The summed E-state index contributed by atoms with van der Waals surface area (Å²) in [5.74, 6) is 1.16. The van der Waals surface area contributed by atoms with Crippen LogP contribution < -0.4 is 5.32 Å². The smallest absolute Gasteiger partial charge is 0.230 e. The van der Waals surface area contributed by atoms with Gasteiger partial charge in [-0.1, -0.05) is 6.92 Å². The zero-order chi connectivity index (χ0) is 10.0. The third-order valence-electron chi connectivity index (χ3n) is 2.32. The lowest BCUT2D eigenvalue weighted by Crippen LogP contribution is -2.24. The van der Waals surface area contributed by atoms with Crippen LogP contribution in [0, 0.1) is 0 Å². The molecule has 0 aliphatic heterocycles. The minimum atomic E-state index is -0.965. The predicted octanol–water partition coefficient (Wildman–Crippen LogP) is 1.22. The fourth-order valence-electron chi connectivity index (χ4n) is 1.21. The Balaban J connectivity index is 1.74. The molecule has 0 spiro atoms. The molecule has 0 aromatic carbocycles. The minimum Gasteiger partial charge on any atom is -0.424 e. The second-order valence-electron chi connectivity index (χ2n) is 3.70. The molecule has 1 N–H and O–H groups in total. The van der Waals surface area contributed by atoms with Crippen molar-refractivity contribution in [2.75, 3.05) is 6.54 Å². The van der Waals surface area contributed by atoms with E-state index in [1.807, 2.05) is 6.92 Å². The van der Waals surface area contributed by atoms with Crippen LogP contribution in [0.2, 0.25) is 0 Å². The first kappa shape index (κ1) is 9.58. The molecule has 0 bridgehead atoms. The molecule has 0 atom stereocenters. The lowest BCUT2D eigenvalue weighted by molar-refractivity contribution is 0.290. The van der Waals surface area contributed by atoms with Gasteiger partial charge in [0.1, 0.15) is 5.67 Å². The monoisotopic (exact) mass is 199 g/mol. The highest BCUT2D eigenvalue weighted by molar-refractivity contribution is 4.96. The van der Waals surface area contributed by atoms with Crippen LogP contribution in [0.5, 0.6) is 0 Å². The Bertz CT molecular complexity index is 309. The topological polar surface area (TPSA) is 51.0 Å². The molecule has 1 heterocycles. The highest BCUT2D eigenvalue weighted by atomic mass is 19.1. The molecular formula is C9H14FN3O. The second-order valence-corrected chi connectivity index (χ2v) is 3.70. The van der Waals surface area contributed by atoms with Gasteiger partial charge in [-0.2, -0.15) is 0 Å². The molecule has 1 aliphatic rings. The number of nitrogens with zero attached hydrogens (tertiary/aromatic N) is 2. The number of alkyl halides is 1. The summed E-state index contributed by atoms with van der Waals surface area (Å²) in [5, 5.41) is 10.6. The maximum atomic E-state index is 13.1. The van der Waals surface area contributed by atoms with Gasteiger partial charge in [-0.3, -0.25) is 0 Å². The van der Waals surface area contributed by atoms with Crippen LogP contribution in [0.15, 0.2) is 4.42 Å². The van der Waals surface area contributed by atoms with E-state index in [-0.39, 0.29) is 0 Å². The number of halogens is 1. The lowest BCUT2D eigenvalue weighted by atomic mass is 10.4. The summed E-state index contributed by atoms with van der Waals surface area (Å²) in [6.45, 7) is 2.79. The zero-order valence-corrected chi connectivity index (χ0v) is 8.22. The van der Waals surface area contributed by atoms with E-state index in [1.54, 1.807) is 0 Å². The first-order valence-corrected chi connectivity index (χ1v) is 4.93. The molecule has 1 aromatic heterocycles. The Morgan fingerprint density at radius 1 is 1.43 bits per heavy atom. The van der Waals surface area contributed by atoms with Crippen molar-refractivity contribution in [2.24, 2.45) is 0 Å². The Hall–Kier alpha value is -0.970. The molecule has 2 rings (SSSR count). The molecule has 4 nitrogen and oxygen atoms in total. The van der Waals surface area contributed by atoms with E-state index in [4.69, 9.17) is 4.42 Å². The van der Waals surface area contributed by atoms with Crippen molar-refractivity contribution in [1.29, 1.82) is 0 Å². The highest BCUT2D eigenvalue weighted by Crippen LogP contribution is 2.38. The van der Waals surface area contributed by atoms with Crippen LogP contribution in [-0.4, -0.2) is 22.4 Å². The molecule has 0 saturated heterocycles. The SMILES string of the molecule is CCc1nnc(CNCC2(F)CC2)o1. The number of rotatable bonds is 5. The molecule has 14 heavy (non-hydrogen) atoms. The van der Waals surface area contributed by atoms with Crippen molar-refractivity contribution in [2.45, 2.75) is 38.4 Å². The second kappa shape index (κ2) is 3.65. The van der Waals surface area contributed by atoms with Crippen LogP contribution in [0.4, 0.5) is 4.39 Å². The third kappa shape index (κ3) is 2.29. The lowest BCUT2D eigenvalue weighted by Gasteiger charge is -2.03. The van der Waals surface area contributed by atoms with E-state index >= 15 is 0 Å². The number of nitrogens with one attached hydrogen (secondary N) is 1. The van der Waals surface area contributed by atoms with Crippen molar-refractivity contribution in [3.05, 3.63) is 11.8 Å². The van der Waals surface area contributed by atoms with E-state index < -0.39 is 5.67 Å². The van der Waals surface area contributed by atoms with Crippen LogP contribution in [-0.2, 0) is 13.0 Å². The Kier molecular flexibility index (Phi) is 2.50. The molecule has 0 unspecified atom stereocenters. The van der Waals surface area contributed by atoms with Crippen molar-refractivity contribution in [3.8, 4) is 0 Å². The largest absolute Gasteiger partial charge is 0.424 e. The van der Waals surface area contributed by atoms with E-state index in [0.717, 1.165) is 6.42 Å². The summed E-state index contributed by atoms with van der Waals surface area (Å²) in [4.78, 5) is 0. The van der Waals surface area contributed by atoms with E-state index in [2.05, 4.69) is 15.5 Å². The van der Waals surface area contributed by atoms with Gasteiger partial charge >= 0.3 is 0 Å². The summed E-state index contributed by atoms with van der Waals surface area (Å²) in [7, 11) is 0. The van der Waals surface area contributed by atoms with Gasteiger partial charge in [-0.25, -0.2) is 4.39 Å². The van der Waals surface area contributed by atoms with Gasteiger partial charge in [-0.15, -0.1) is 10.2 Å². The van der Waals surface area contributed by atoms with Gasteiger partial charge in [-0.05, 0) is 12.8 Å². The average Bonchev–Trinajstić information content (AvgIpc) is 2.75. The van der Waals surface area contributed by atoms with Crippen molar-refractivity contribution >= 4 is 0 Å². The van der Waals surface area contributed by atoms with Gasteiger partial charge in [0.2, 0.25) is 11.8 Å². The summed E-state index contributed by atoms with van der Waals surface area (Å²) < 4.78 is 18.4. The third-order valence-corrected chi connectivity index (χ3v) is 2.32. The Labute approximate surface area is 81.9 Å². The Morgan fingerprint density at radius 2 is 2.14 bits per heavy atom. The van der Waals surface area contributed by atoms with Crippen LogP contribution >= 0.6 is 0 Å². The van der Waals surface area contributed by atoms with Gasteiger partial charge < -0.3 is 9.73 Å². The van der Waals surface area contributed by atoms with E-state index in [1.165, 1.54) is 0 Å². The zero-order valence-electron chi connectivity index (χ0n) is 8.22. The van der Waals surface area contributed by atoms with Crippen LogP contribution in [0.3, 0.4) is 0 Å². The summed E-state index contributed by atoms with van der Waals surface area (Å²) in [6, 6.07) is 0. The number of aromatic nitrogens is 2. The molecule has 1 fully saturated rings. The summed E-state index contributed by atoms with van der Waals surface area (Å²) in [5.41, 5.74) is -0.965. The maximum Gasteiger partial charge on any atom is 0.230 e. The molecule has 1 aromatic rings. The van der Waals surface area contributed by atoms with Gasteiger partial charge in [0.05, 0.1) is 6.54 Å². The quantitative estimate of drug-likeness (QED) is 0.774. The highest BCUT2D eigenvalue weighted by Gasteiger charge is 2.42. The standard InChI is InChI=1S/C9H14FN3O/c1-2-7-12-13-8(14-7)5-11-6-9(10)3-4-9/h11H,2-6H2,1H3. The molecule has 0 amide bonds. The first-order chi connectivity index (χ1) is 6.72. The summed E-state index contributed by atoms with van der Waals surface area (Å²) >= 11 is 0. The average molecular weight is 199 g/mol.